The second kappa shape index (κ2) is 3.56. The lowest BCUT2D eigenvalue weighted by Crippen LogP contribution is -2.19. The van der Waals surface area contributed by atoms with Crippen molar-refractivity contribution in [1.82, 2.24) is 0 Å². The van der Waals surface area contributed by atoms with Crippen LogP contribution in [0.2, 0.25) is 0 Å². The molecule has 0 aromatic heterocycles. The monoisotopic (exact) mass is 209 g/mol. The molecule has 1 unspecified atom stereocenters. The Kier molecular flexibility index (Phi) is 2.07. The van der Waals surface area contributed by atoms with Crippen LogP contribution in [0.15, 0.2) is 59.2 Å². The van der Waals surface area contributed by atoms with Gasteiger partial charge in [-0.15, -0.1) is 0 Å². The molecule has 16 heavy (non-hydrogen) atoms. The zero-order chi connectivity index (χ0) is 11.0. The second-order valence-corrected chi connectivity index (χ2v) is 4.02. The summed E-state index contributed by atoms with van der Waals surface area (Å²) in [4.78, 5) is 4.69. The van der Waals surface area contributed by atoms with Gasteiger partial charge in [0.2, 0.25) is 0 Å². The molecular weight excluding hydrogens is 196 g/mol. The van der Waals surface area contributed by atoms with Gasteiger partial charge in [-0.2, -0.15) is 4.58 Å². The molecule has 1 atom stereocenters. The van der Waals surface area contributed by atoms with E-state index in [0.717, 1.165) is 5.71 Å². The molecule has 0 spiro atoms. The van der Waals surface area contributed by atoms with Crippen LogP contribution in [0.3, 0.4) is 0 Å². The van der Waals surface area contributed by atoms with Crippen molar-refractivity contribution in [3.8, 4) is 0 Å². The highest BCUT2D eigenvalue weighted by molar-refractivity contribution is 6.37. The molecule has 0 aliphatic carbocycles. The number of fused-ring (bicyclic) bond motifs is 1. The maximum atomic E-state index is 4.69. The molecular formula is C14H13N2+. The lowest BCUT2D eigenvalue weighted by atomic mass is 10.1. The Bertz CT molecular complexity index is 533. The molecule has 2 aliphatic heterocycles. The van der Waals surface area contributed by atoms with Crippen molar-refractivity contribution in [3.05, 3.63) is 59.8 Å². The molecule has 0 saturated carbocycles. The van der Waals surface area contributed by atoms with Gasteiger partial charge in [-0.1, -0.05) is 36.4 Å². The van der Waals surface area contributed by atoms with Crippen LogP contribution in [-0.2, 0) is 0 Å². The Morgan fingerprint density at radius 1 is 1.19 bits per heavy atom. The summed E-state index contributed by atoms with van der Waals surface area (Å²) < 4.78 is 2.20. The summed E-state index contributed by atoms with van der Waals surface area (Å²) >= 11 is 0. The van der Waals surface area contributed by atoms with Gasteiger partial charge in [-0.25, -0.2) is 4.99 Å². The van der Waals surface area contributed by atoms with E-state index in [1.807, 2.05) is 18.2 Å². The van der Waals surface area contributed by atoms with Crippen LogP contribution in [0.1, 0.15) is 12.5 Å². The van der Waals surface area contributed by atoms with Crippen LogP contribution in [0, 0.1) is 0 Å². The van der Waals surface area contributed by atoms with E-state index in [0.29, 0.717) is 0 Å². The van der Waals surface area contributed by atoms with E-state index >= 15 is 0 Å². The van der Waals surface area contributed by atoms with E-state index in [2.05, 4.69) is 48.1 Å². The fraction of sp³-hybridized carbons (Fsp3) is 0.143. The molecule has 0 amide bonds. The lowest BCUT2D eigenvalue weighted by Gasteiger charge is -2.05. The van der Waals surface area contributed by atoms with Crippen LogP contribution >= 0.6 is 0 Å². The van der Waals surface area contributed by atoms with E-state index in [9.17, 15) is 0 Å². The third kappa shape index (κ3) is 1.43. The lowest BCUT2D eigenvalue weighted by molar-refractivity contribution is -0.495. The summed E-state index contributed by atoms with van der Waals surface area (Å²) in [5.41, 5.74) is 3.48. The Morgan fingerprint density at radius 2 is 2.00 bits per heavy atom. The quantitative estimate of drug-likeness (QED) is 0.631. The number of hydrogen-bond donors (Lipinski definition) is 0. The Balaban J connectivity index is 2.02. The predicted molar refractivity (Wildman–Crippen MR) is 66.0 cm³/mol. The van der Waals surface area contributed by atoms with Crippen LogP contribution in [0.4, 0.5) is 0 Å². The molecule has 2 heterocycles. The Morgan fingerprint density at radius 3 is 2.75 bits per heavy atom. The predicted octanol–water partition coefficient (Wildman–Crippen LogP) is 2.37. The minimum atomic E-state index is 0.153. The zero-order valence-corrected chi connectivity index (χ0v) is 9.17. The molecule has 0 N–H and O–H groups in total. The fourth-order valence-electron chi connectivity index (χ4n) is 2.03. The maximum Gasteiger partial charge on any atom is 0.271 e. The van der Waals surface area contributed by atoms with Crippen molar-refractivity contribution in [3.63, 3.8) is 0 Å². The van der Waals surface area contributed by atoms with Crippen molar-refractivity contribution in [2.24, 2.45) is 4.99 Å². The first-order valence-electron chi connectivity index (χ1n) is 5.46. The maximum absolute atomic E-state index is 4.69. The summed E-state index contributed by atoms with van der Waals surface area (Å²) in [7, 11) is 0. The third-order valence-electron chi connectivity index (χ3n) is 2.92. The van der Waals surface area contributed by atoms with Crippen LogP contribution in [-0.4, -0.2) is 22.7 Å². The average Bonchev–Trinajstić information content (AvgIpc) is 2.76. The van der Waals surface area contributed by atoms with E-state index in [4.69, 9.17) is 4.99 Å². The van der Waals surface area contributed by atoms with Gasteiger partial charge in [0.15, 0.2) is 11.9 Å². The van der Waals surface area contributed by atoms with Crippen LogP contribution < -0.4 is 0 Å². The SMILES string of the molecule is CC1=CC=CC2N=C(c3ccccc3)C=[N+]12. The Hall–Kier alpha value is -1.96. The smallest absolute Gasteiger partial charge is 0.206 e. The molecule has 0 radical (unpaired) electrons. The van der Waals surface area contributed by atoms with Crippen molar-refractivity contribution >= 4 is 11.9 Å². The molecule has 2 heteroatoms. The topological polar surface area (TPSA) is 15.4 Å². The molecule has 2 nitrogen and oxygen atoms in total. The molecule has 0 fully saturated rings. The molecule has 0 bridgehead atoms. The summed E-state index contributed by atoms with van der Waals surface area (Å²) in [5.74, 6) is 0. The van der Waals surface area contributed by atoms with E-state index < -0.39 is 0 Å². The number of benzene rings is 1. The van der Waals surface area contributed by atoms with E-state index in [1.54, 1.807) is 0 Å². The number of hydrogen-bond acceptors (Lipinski definition) is 1. The normalized spacial score (nSPS) is 22.3. The summed E-state index contributed by atoms with van der Waals surface area (Å²) in [6.45, 7) is 2.11. The van der Waals surface area contributed by atoms with Crippen molar-refractivity contribution < 1.29 is 4.58 Å². The van der Waals surface area contributed by atoms with Crippen molar-refractivity contribution in [2.45, 2.75) is 13.1 Å². The molecule has 1 aromatic rings. The number of rotatable bonds is 1. The van der Waals surface area contributed by atoms with Gasteiger partial charge in [0.05, 0.1) is 0 Å². The molecule has 3 rings (SSSR count). The number of allylic oxidation sites excluding steroid dienone is 3. The molecule has 2 aliphatic rings. The van der Waals surface area contributed by atoms with E-state index in [1.165, 1.54) is 11.3 Å². The summed E-state index contributed by atoms with van der Waals surface area (Å²) in [5, 5.41) is 0. The fourth-order valence-corrected chi connectivity index (χ4v) is 2.03. The highest BCUT2D eigenvalue weighted by atomic mass is 15.2. The molecule has 78 valence electrons. The summed E-state index contributed by atoms with van der Waals surface area (Å²) in [6.07, 6.45) is 8.56. The first-order chi connectivity index (χ1) is 7.84. The largest absolute Gasteiger partial charge is 0.271 e. The van der Waals surface area contributed by atoms with Crippen LogP contribution in [0.25, 0.3) is 0 Å². The summed E-state index contributed by atoms with van der Waals surface area (Å²) in [6, 6.07) is 10.3. The van der Waals surface area contributed by atoms with Gasteiger partial charge >= 0.3 is 0 Å². The average molecular weight is 209 g/mol. The number of nitrogens with zero attached hydrogens (tertiary/aromatic N) is 2. The van der Waals surface area contributed by atoms with Gasteiger partial charge in [-0.3, -0.25) is 0 Å². The van der Waals surface area contributed by atoms with Crippen molar-refractivity contribution in [1.29, 1.82) is 0 Å². The zero-order valence-electron chi connectivity index (χ0n) is 9.17. The van der Waals surface area contributed by atoms with Gasteiger partial charge in [0, 0.05) is 24.6 Å². The minimum absolute atomic E-state index is 0.153. The molecule has 1 aromatic carbocycles. The highest BCUT2D eigenvalue weighted by Crippen LogP contribution is 2.16. The Labute approximate surface area is 95.0 Å². The first-order valence-corrected chi connectivity index (χ1v) is 5.46. The third-order valence-corrected chi connectivity index (χ3v) is 2.92. The van der Waals surface area contributed by atoms with Gasteiger partial charge in [-0.05, 0) is 0 Å². The molecule has 0 saturated heterocycles. The number of aliphatic imine (C=N–C) groups is 1. The van der Waals surface area contributed by atoms with Crippen LogP contribution in [0.5, 0.6) is 0 Å². The van der Waals surface area contributed by atoms with Crippen molar-refractivity contribution in [2.75, 3.05) is 0 Å². The highest BCUT2D eigenvalue weighted by Gasteiger charge is 2.28. The van der Waals surface area contributed by atoms with Gasteiger partial charge in [0.25, 0.3) is 6.17 Å². The van der Waals surface area contributed by atoms with Gasteiger partial charge in [0.1, 0.15) is 5.71 Å². The first kappa shape index (κ1) is 9.28. The van der Waals surface area contributed by atoms with Gasteiger partial charge < -0.3 is 0 Å². The second-order valence-electron chi connectivity index (χ2n) is 4.02. The minimum Gasteiger partial charge on any atom is -0.206 e. The standard InChI is InChI=1S/C14H13N2/c1-11-6-5-9-14-15-13(10-16(11)14)12-7-3-2-4-8-12/h2-10,14H,1H3/q+1. The van der Waals surface area contributed by atoms with E-state index in [-0.39, 0.29) is 6.17 Å².